The maximum atomic E-state index is 12.5. The van der Waals surface area contributed by atoms with Crippen LogP contribution in [0.1, 0.15) is 92.2 Å². The van der Waals surface area contributed by atoms with Crippen molar-refractivity contribution in [3.8, 4) is 0 Å². The zero-order valence-corrected chi connectivity index (χ0v) is 19.6. The number of aromatic nitrogens is 3. The average Bonchev–Trinajstić information content (AvgIpc) is 3.11. The lowest BCUT2D eigenvalue weighted by molar-refractivity contribution is -0.304. The molecule has 1 fully saturated rings. The molecule has 1 N–H and O–H groups in total. The Kier molecular flexibility index (Phi) is 8.67. The highest BCUT2D eigenvalue weighted by Crippen LogP contribution is 2.33. The van der Waals surface area contributed by atoms with Gasteiger partial charge in [-0.1, -0.05) is 50.7 Å². The predicted octanol–water partition coefficient (Wildman–Crippen LogP) is 4.53. The molecule has 2 rings (SSSR count). The van der Waals surface area contributed by atoms with Crippen molar-refractivity contribution in [1.29, 1.82) is 0 Å². The number of hydrogen-bond donors (Lipinski definition) is 1. The molecule has 1 aromatic heterocycles. The fourth-order valence-electron chi connectivity index (χ4n) is 3.28. The van der Waals surface area contributed by atoms with Crippen molar-refractivity contribution in [3.05, 3.63) is 11.9 Å². The Labute approximate surface area is 181 Å². The number of unbranched alkanes of at least 4 members (excludes halogenated alkanes) is 6. The lowest BCUT2D eigenvalue weighted by atomic mass is 10.0. The van der Waals surface area contributed by atoms with E-state index in [1.54, 1.807) is 0 Å². The van der Waals surface area contributed by atoms with E-state index in [1.807, 2.05) is 45.5 Å². The molecule has 8 nitrogen and oxygen atoms in total. The highest BCUT2D eigenvalue weighted by Gasteiger charge is 2.47. The molecular formula is C22H40N4O4. The first-order valence-corrected chi connectivity index (χ1v) is 11.2. The van der Waals surface area contributed by atoms with E-state index >= 15 is 0 Å². The fraction of sp³-hybridized carbons (Fsp3) is 0.864. The zero-order chi connectivity index (χ0) is 22.3. The van der Waals surface area contributed by atoms with Gasteiger partial charge in [0, 0.05) is 12.1 Å². The molecule has 0 saturated carbocycles. The van der Waals surface area contributed by atoms with Gasteiger partial charge in [0.25, 0.3) is 0 Å². The number of carbonyl (C=O) groups excluding carboxylic acids is 1. The first-order valence-electron chi connectivity index (χ1n) is 11.2. The number of aryl methyl sites for hydroxylation is 1. The van der Waals surface area contributed by atoms with Crippen LogP contribution in [0.25, 0.3) is 0 Å². The van der Waals surface area contributed by atoms with E-state index in [1.165, 1.54) is 38.5 Å². The normalized spacial score (nSPS) is 18.2. The van der Waals surface area contributed by atoms with Gasteiger partial charge in [0.05, 0.1) is 19.4 Å². The molecule has 0 aromatic carbocycles. The topological polar surface area (TPSA) is 87.5 Å². The molecule has 1 aromatic rings. The molecule has 2 heterocycles. The summed E-state index contributed by atoms with van der Waals surface area (Å²) < 4.78 is 19.3. The van der Waals surface area contributed by atoms with Crippen LogP contribution in [-0.4, -0.2) is 45.6 Å². The van der Waals surface area contributed by atoms with E-state index in [0.717, 1.165) is 13.0 Å². The van der Waals surface area contributed by atoms with E-state index in [-0.39, 0.29) is 13.2 Å². The molecule has 1 aliphatic heterocycles. The minimum absolute atomic E-state index is 0.160. The monoisotopic (exact) mass is 424 g/mol. The Hall–Kier alpha value is -1.67. The Morgan fingerprint density at radius 2 is 1.73 bits per heavy atom. The maximum absolute atomic E-state index is 12.5. The summed E-state index contributed by atoms with van der Waals surface area (Å²) in [4.78, 5) is 12.5. The summed E-state index contributed by atoms with van der Waals surface area (Å²) >= 11 is 0. The van der Waals surface area contributed by atoms with Crippen molar-refractivity contribution >= 4 is 6.09 Å². The van der Waals surface area contributed by atoms with Crippen LogP contribution < -0.4 is 5.32 Å². The number of nitrogens with one attached hydrogen (secondary N) is 1. The highest BCUT2D eigenvalue weighted by atomic mass is 16.7. The predicted molar refractivity (Wildman–Crippen MR) is 115 cm³/mol. The van der Waals surface area contributed by atoms with Gasteiger partial charge in [-0.05, 0) is 41.0 Å². The molecule has 0 atom stereocenters. The molecule has 0 aliphatic carbocycles. The molecule has 0 radical (unpaired) electrons. The van der Waals surface area contributed by atoms with E-state index in [9.17, 15) is 4.79 Å². The number of hydrogen-bond acceptors (Lipinski definition) is 6. The Balaban J connectivity index is 1.99. The summed E-state index contributed by atoms with van der Waals surface area (Å²) in [6.07, 6.45) is 9.98. The number of rotatable bonds is 10. The second-order valence-corrected chi connectivity index (χ2v) is 9.72. The minimum atomic E-state index is -1.12. The van der Waals surface area contributed by atoms with E-state index in [2.05, 4.69) is 22.6 Å². The van der Waals surface area contributed by atoms with Crippen molar-refractivity contribution in [1.82, 2.24) is 20.3 Å². The quantitative estimate of drug-likeness (QED) is 0.555. The van der Waals surface area contributed by atoms with Gasteiger partial charge in [-0.3, -0.25) is 4.68 Å². The third-order valence-electron chi connectivity index (χ3n) is 5.07. The van der Waals surface area contributed by atoms with Gasteiger partial charge in [-0.15, -0.1) is 5.10 Å². The van der Waals surface area contributed by atoms with Crippen LogP contribution in [0.15, 0.2) is 6.20 Å². The van der Waals surface area contributed by atoms with E-state index < -0.39 is 23.0 Å². The summed E-state index contributed by atoms with van der Waals surface area (Å²) in [5, 5.41) is 11.4. The first kappa shape index (κ1) is 24.6. The number of carbonyl (C=O) groups is 1. The number of alkyl carbamates (subject to hydrolysis) is 1. The molecule has 30 heavy (non-hydrogen) atoms. The van der Waals surface area contributed by atoms with Crippen LogP contribution in [0.5, 0.6) is 0 Å². The van der Waals surface area contributed by atoms with Crippen molar-refractivity contribution in [2.24, 2.45) is 0 Å². The fourth-order valence-corrected chi connectivity index (χ4v) is 3.28. The summed E-state index contributed by atoms with van der Waals surface area (Å²) in [6, 6.07) is 0. The Bertz CT molecular complexity index is 656. The van der Waals surface area contributed by atoms with Crippen LogP contribution in [0.3, 0.4) is 0 Å². The third kappa shape index (κ3) is 7.87. The second kappa shape index (κ2) is 10.6. The maximum Gasteiger partial charge on any atom is 0.408 e. The molecular weight excluding hydrogens is 384 g/mol. The minimum Gasteiger partial charge on any atom is -0.431 e. The van der Waals surface area contributed by atoms with Gasteiger partial charge < -0.3 is 19.5 Å². The molecule has 1 saturated heterocycles. The Morgan fingerprint density at radius 1 is 1.13 bits per heavy atom. The van der Waals surface area contributed by atoms with Gasteiger partial charge in [0.1, 0.15) is 5.69 Å². The lowest BCUT2D eigenvalue weighted by Crippen LogP contribution is -2.54. The summed E-state index contributed by atoms with van der Waals surface area (Å²) in [6.45, 7) is 12.7. The van der Waals surface area contributed by atoms with Gasteiger partial charge in [0.2, 0.25) is 5.60 Å². The Morgan fingerprint density at radius 3 is 2.33 bits per heavy atom. The SMILES string of the molecule is CCCCCCCCCn1cc(C2(OC(=O)NC(C)(C)C)COC(C)(C)OC2)nn1. The average molecular weight is 425 g/mol. The molecule has 0 spiro atoms. The van der Waals surface area contributed by atoms with Crippen molar-refractivity contribution in [3.63, 3.8) is 0 Å². The molecule has 1 aliphatic rings. The number of ether oxygens (including phenoxy) is 3. The summed E-state index contributed by atoms with van der Waals surface area (Å²) in [5.41, 5.74) is -0.989. The molecule has 1 amide bonds. The van der Waals surface area contributed by atoms with Gasteiger partial charge in [-0.2, -0.15) is 0 Å². The van der Waals surface area contributed by atoms with Crippen LogP contribution in [-0.2, 0) is 26.4 Å². The smallest absolute Gasteiger partial charge is 0.408 e. The molecule has 172 valence electrons. The molecule has 0 unspecified atom stereocenters. The summed E-state index contributed by atoms with van der Waals surface area (Å²) in [5.74, 6) is -0.735. The first-order chi connectivity index (χ1) is 14.1. The largest absolute Gasteiger partial charge is 0.431 e. The second-order valence-electron chi connectivity index (χ2n) is 9.72. The van der Waals surface area contributed by atoms with Gasteiger partial charge >= 0.3 is 6.09 Å². The number of amides is 1. The van der Waals surface area contributed by atoms with Crippen LogP contribution in [0, 0.1) is 0 Å². The van der Waals surface area contributed by atoms with Crippen LogP contribution >= 0.6 is 0 Å². The zero-order valence-electron chi connectivity index (χ0n) is 19.6. The van der Waals surface area contributed by atoms with Crippen molar-refractivity contribution < 1.29 is 19.0 Å². The van der Waals surface area contributed by atoms with Gasteiger partial charge in [-0.25, -0.2) is 4.79 Å². The van der Waals surface area contributed by atoms with Crippen molar-refractivity contribution in [2.75, 3.05) is 13.2 Å². The highest BCUT2D eigenvalue weighted by molar-refractivity contribution is 5.68. The standard InChI is InChI=1S/C22H40N4O4/c1-7-8-9-10-11-12-13-14-26-15-18(24-25-26)22(16-28-21(5,6)29-17-22)30-19(27)23-20(2,3)4/h15H,7-14,16-17H2,1-6H3,(H,23,27). The van der Waals surface area contributed by atoms with Gasteiger partial charge in [0.15, 0.2) is 5.79 Å². The van der Waals surface area contributed by atoms with E-state index in [0.29, 0.717) is 5.69 Å². The number of nitrogens with zero attached hydrogens (tertiary/aromatic N) is 3. The lowest BCUT2D eigenvalue weighted by Gasteiger charge is -2.41. The third-order valence-corrected chi connectivity index (χ3v) is 5.07. The summed E-state index contributed by atoms with van der Waals surface area (Å²) in [7, 11) is 0. The van der Waals surface area contributed by atoms with Crippen LogP contribution in [0.2, 0.25) is 0 Å². The van der Waals surface area contributed by atoms with Crippen molar-refractivity contribution in [2.45, 2.75) is 110 Å². The molecule has 8 heteroatoms. The molecule has 0 bridgehead atoms. The van der Waals surface area contributed by atoms with Crippen LogP contribution in [0.4, 0.5) is 4.79 Å². The van der Waals surface area contributed by atoms with E-state index in [4.69, 9.17) is 14.2 Å².